The molecule has 3 heterocycles. The lowest BCUT2D eigenvalue weighted by molar-refractivity contribution is -0.141. The third-order valence-electron chi connectivity index (χ3n) is 4.83. The topological polar surface area (TPSA) is 34.5 Å². The molecule has 4 heteroatoms. The third-order valence-corrected chi connectivity index (χ3v) is 4.83. The number of benzene rings is 1. The van der Waals surface area contributed by atoms with Crippen molar-refractivity contribution in [1.29, 1.82) is 0 Å². The van der Waals surface area contributed by atoms with E-state index < -0.39 is 0 Å². The van der Waals surface area contributed by atoms with Crippen LogP contribution in [0.3, 0.4) is 0 Å². The molecule has 1 fully saturated rings. The van der Waals surface area contributed by atoms with Crippen LogP contribution in [0.25, 0.3) is 10.9 Å². The predicted octanol–water partition coefficient (Wildman–Crippen LogP) is 2.24. The fourth-order valence-corrected chi connectivity index (χ4v) is 3.68. The SMILES string of the molecule is Cn1c2c(c3ccccc31)CCN(C(=O)C1CCCO1)C2. The summed E-state index contributed by atoms with van der Waals surface area (Å²) in [6.07, 6.45) is 2.61. The normalized spacial score (nSPS) is 21.8. The van der Waals surface area contributed by atoms with Crippen LogP contribution in [-0.2, 0) is 29.5 Å². The molecule has 4 nitrogen and oxygen atoms in total. The van der Waals surface area contributed by atoms with Crippen molar-refractivity contribution >= 4 is 16.8 Å². The summed E-state index contributed by atoms with van der Waals surface area (Å²) in [4.78, 5) is 14.5. The summed E-state index contributed by atoms with van der Waals surface area (Å²) >= 11 is 0. The molecule has 21 heavy (non-hydrogen) atoms. The van der Waals surface area contributed by atoms with Crippen molar-refractivity contribution in [1.82, 2.24) is 9.47 Å². The molecule has 1 aromatic carbocycles. The molecule has 2 aromatic rings. The van der Waals surface area contributed by atoms with E-state index in [1.807, 2.05) is 4.90 Å². The van der Waals surface area contributed by atoms with E-state index in [1.165, 1.54) is 22.2 Å². The van der Waals surface area contributed by atoms with Crippen LogP contribution in [-0.4, -0.2) is 34.6 Å². The maximum absolute atomic E-state index is 12.5. The second-order valence-corrected chi connectivity index (χ2v) is 6.01. The molecule has 1 amide bonds. The summed E-state index contributed by atoms with van der Waals surface area (Å²) in [7, 11) is 2.10. The highest BCUT2D eigenvalue weighted by Crippen LogP contribution is 2.30. The summed E-state index contributed by atoms with van der Waals surface area (Å²) in [5.41, 5.74) is 3.94. The Balaban J connectivity index is 1.67. The first kappa shape index (κ1) is 12.9. The molecule has 0 N–H and O–H groups in total. The van der Waals surface area contributed by atoms with Crippen LogP contribution in [0.4, 0.5) is 0 Å². The Morgan fingerprint density at radius 3 is 3.00 bits per heavy atom. The minimum atomic E-state index is -0.207. The smallest absolute Gasteiger partial charge is 0.252 e. The average molecular weight is 284 g/mol. The van der Waals surface area contributed by atoms with Crippen LogP contribution in [0, 0.1) is 0 Å². The molecule has 2 aliphatic heterocycles. The first-order valence-electron chi connectivity index (χ1n) is 7.71. The Morgan fingerprint density at radius 1 is 1.33 bits per heavy atom. The van der Waals surface area contributed by atoms with Gasteiger partial charge in [-0.2, -0.15) is 0 Å². The van der Waals surface area contributed by atoms with Gasteiger partial charge in [0.25, 0.3) is 5.91 Å². The number of carbonyl (C=O) groups is 1. The minimum Gasteiger partial charge on any atom is -0.368 e. The Bertz CT molecular complexity index is 698. The molecule has 1 atom stereocenters. The lowest BCUT2D eigenvalue weighted by Crippen LogP contribution is -2.42. The van der Waals surface area contributed by atoms with Crippen molar-refractivity contribution in [3.05, 3.63) is 35.5 Å². The molecule has 0 saturated carbocycles. The van der Waals surface area contributed by atoms with Crippen molar-refractivity contribution in [3.8, 4) is 0 Å². The molecule has 1 aromatic heterocycles. The molecular weight excluding hydrogens is 264 g/mol. The third kappa shape index (κ3) is 1.97. The van der Waals surface area contributed by atoms with Gasteiger partial charge in [0.05, 0.1) is 6.54 Å². The number of para-hydroxylation sites is 1. The van der Waals surface area contributed by atoms with Crippen LogP contribution in [0.15, 0.2) is 24.3 Å². The highest BCUT2D eigenvalue weighted by molar-refractivity contribution is 5.87. The van der Waals surface area contributed by atoms with Crippen molar-refractivity contribution < 1.29 is 9.53 Å². The summed E-state index contributed by atoms with van der Waals surface area (Å²) in [5.74, 6) is 0.170. The lowest BCUT2D eigenvalue weighted by atomic mass is 10.0. The van der Waals surface area contributed by atoms with Crippen LogP contribution >= 0.6 is 0 Å². The lowest BCUT2D eigenvalue weighted by Gasteiger charge is -2.30. The maximum atomic E-state index is 12.5. The fourth-order valence-electron chi connectivity index (χ4n) is 3.68. The van der Waals surface area contributed by atoms with Gasteiger partial charge >= 0.3 is 0 Å². The van der Waals surface area contributed by atoms with Gasteiger partial charge in [-0.25, -0.2) is 0 Å². The van der Waals surface area contributed by atoms with E-state index in [0.29, 0.717) is 6.54 Å². The number of aryl methyl sites for hydroxylation is 1. The van der Waals surface area contributed by atoms with E-state index in [9.17, 15) is 4.79 Å². The number of aromatic nitrogens is 1. The van der Waals surface area contributed by atoms with Gasteiger partial charge in [-0.3, -0.25) is 4.79 Å². The van der Waals surface area contributed by atoms with Gasteiger partial charge in [-0.05, 0) is 30.9 Å². The first-order chi connectivity index (χ1) is 10.3. The number of fused-ring (bicyclic) bond motifs is 3. The molecular formula is C17H20N2O2. The number of nitrogens with zero attached hydrogens (tertiary/aromatic N) is 2. The quantitative estimate of drug-likeness (QED) is 0.805. The van der Waals surface area contributed by atoms with Gasteiger partial charge in [0.15, 0.2) is 0 Å². The van der Waals surface area contributed by atoms with Crippen LogP contribution < -0.4 is 0 Å². The molecule has 0 spiro atoms. The van der Waals surface area contributed by atoms with E-state index in [2.05, 4.69) is 35.9 Å². The number of hydrogen-bond acceptors (Lipinski definition) is 2. The van der Waals surface area contributed by atoms with E-state index in [-0.39, 0.29) is 12.0 Å². The van der Waals surface area contributed by atoms with Gasteiger partial charge in [0.1, 0.15) is 6.10 Å². The fraction of sp³-hybridized carbons (Fsp3) is 0.471. The van der Waals surface area contributed by atoms with Crippen molar-refractivity contribution in [2.75, 3.05) is 13.2 Å². The zero-order valence-corrected chi connectivity index (χ0v) is 12.3. The number of hydrogen-bond donors (Lipinski definition) is 0. The molecule has 0 bridgehead atoms. The molecule has 2 aliphatic rings. The van der Waals surface area contributed by atoms with Crippen molar-refractivity contribution in [2.24, 2.45) is 7.05 Å². The van der Waals surface area contributed by atoms with Crippen molar-refractivity contribution in [3.63, 3.8) is 0 Å². The predicted molar refractivity (Wildman–Crippen MR) is 81.0 cm³/mol. The largest absolute Gasteiger partial charge is 0.368 e. The van der Waals surface area contributed by atoms with E-state index in [0.717, 1.165) is 32.4 Å². The molecule has 1 unspecified atom stereocenters. The van der Waals surface area contributed by atoms with Gasteiger partial charge in [0, 0.05) is 36.8 Å². The molecule has 4 rings (SSSR count). The van der Waals surface area contributed by atoms with Gasteiger partial charge in [0.2, 0.25) is 0 Å². The van der Waals surface area contributed by atoms with Crippen LogP contribution in [0.1, 0.15) is 24.1 Å². The van der Waals surface area contributed by atoms with Gasteiger partial charge in [-0.1, -0.05) is 18.2 Å². The first-order valence-corrected chi connectivity index (χ1v) is 7.71. The highest BCUT2D eigenvalue weighted by atomic mass is 16.5. The average Bonchev–Trinajstić information content (AvgIpc) is 3.15. The monoisotopic (exact) mass is 284 g/mol. The summed E-state index contributed by atoms with van der Waals surface area (Å²) in [5, 5.41) is 1.33. The maximum Gasteiger partial charge on any atom is 0.252 e. The molecule has 0 aliphatic carbocycles. The second kappa shape index (κ2) is 4.88. The van der Waals surface area contributed by atoms with E-state index in [1.54, 1.807) is 0 Å². The molecule has 0 radical (unpaired) electrons. The number of carbonyl (C=O) groups excluding carboxylic acids is 1. The standard InChI is InChI=1S/C17H20N2O2/c1-18-14-6-3-2-5-12(14)13-8-9-19(11-15(13)18)17(20)16-7-4-10-21-16/h2-3,5-6,16H,4,7-11H2,1H3. The molecule has 1 saturated heterocycles. The Hall–Kier alpha value is -1.81. The molecule has 110 valence electrons. The van der Waals surface area contributed by atoms with Crippen LogP contribution in [0.2, 0.25) is 0 Å². The number of amides is 1. The Morgan fingerprint density at radius 2 is 2.19 bits per heavy atom. The second-order valence-electron chi connectivity index (χ2n) is 6.01. The zero-order valence-electron chi connectivity index (χ0n) is 12.3. The summed E-state index contributed by atoms with van der Waals surface area (Å²) < 4.78 is 7.78. The van der Waals surface area contributed by atoms with Crippen LogP contribution in [0.5, 0.6) is 0 Å². The minimum absolute atomic E-state index is 0.170. The van der Waals surface area contributed by atoms with Crippen molar-refractivity contribution in [2.45, 2.75) is 31.9 Å². The Labute approximate surface area is 124 Å². The number of rotatable bonds is 1. The van der Waals surface area contributed by atoms with E-state index >= 15 is 0 Å². The highest BCUT2D eigenvalue weighted by Gasteiger charge is 2.31. The number of ether oxygens (including phenoxy) is 1. The van der Waals surface area contributed by atoms with E-state index in [4.69, 9.17) is 4.74 Å². The summed E-state index contributed by atoms with van der Waals surface area (Å²) in [6, 6.07) is 8.50. The van der Waals surface area contributed by atoms with Gasteiger partial charge in [-0.15, -0.1) is 0 Å². The van der Waals surface area contributed by atoms with Gasteiger partial charge < -0.3 is 14.2 Å². The zero-order chi connectivity index (χ0) is 14.4. The Kier molecular flexibility index (Phi) is 3.00. The summed E-state index contributed by atoms with van der Waals surface area (Å²) in [6.45, 7) is 2.24.